The normalized spacial score (nSPS) is 42.9. The van der Waals surface area contributed by atoms with Crippen LogP contribution >= 0.6 is 0 Å². The number of allylic oxidation sites excluding steroid dienone is 1. The molecule has 3 N–H and O–H groups in total. The van der Waals surface area contributed by atoms with E-state index >= 15 is 0 Å². The maximum atomic E-state index is 13.5. The highest BCUT2D eigenvalue weighted by molar-refractivity contribution is 5.85. The number of nitrogens with one attached hydrogen (secondary N) is 2. The number of hydrogen-bond donors (Lipinski definition) is 3. The van der Waals surface area contributed by atoms with Gasteiger partial charge in [0.2, 0.25) is 0 Å². The molecule has 3 aliphatic heterocycles. The van der Waals surface area contributed by atoms with Crippen molar-refractivity contribution in [3.63, 3.8) is 0 Å². The van der Waals surface area contributed by atoms with Gasteiger partial charge in [0.05, 0.1) is 31.8 Å². The fourth-order valence-electron chi connectivity index (χ4n) is 6.67. The van der Waals surface area contributed by atoms with Gasteiger partial charge < -0.3 is 25.2 Å². The zero-order valence-corrected chi connectivity index (χ0v) is 15.7. The van der Waals surface area contributed by atoms with E-state index in [1.54, 1.807) is 0 Å². The first-order valence-corrected chi connectivity index (χ1v) is 9.70. The largest absolute Gasteiger partial charge is 0.468 e. The number of benzene rings is 1. The maximum absolute atomic E-state index is 13.5. The molecule has 5 atom stereocenters. The summed E-state index contributed by atoms with van der Waals surface area (Å²) < 4.78 is 11.8. The van der Waals surface area contributed by atoms with Crippen LogP contribution in [0.1, 0.15) is 25.3 Å². The Bertz CT molecular complexity index is 839. The number of carbonyl (C=O) groups is 1. The summed E-state index contributed by atoms with van der Waals surface area (Å²) in [5, 5.41) is 18.1. The Hall–Kier alpha value is -1.89. The lowest BCUT2D eigenvalue weighted by Gasteiger charge is -2.62. The molecule has 5 rings (SSSR count). The summed E-state index contributed by atoms with van der Waals surface area (Å²) >= 11 is 0. The molecule has 3 heterocycles. The Kier molecular flexibility index (Phi) is 3.55. The Balaban J connectivity index is 1.87. The van der Waals surface area contributed by atoms with E-state index in [9.17, 15) is 9.90 Å². The Morgan fingerprint density at radius 3 is 3.00 bits per heavy atom. The summed E-state index contributed by atoms with van der Waals surface area (Å²) in [6.45, 7) is 2.96. The van der Waals surface area contributed by atoms with Crippen molar-refractivity contribution in [3.05, 3.63) is 41.5 Å². The van der Waals surface area contributed by atoms with E-state index in [0.717, 1.165) is 23.2 Å². The zero-order chi connectivity index (χ0) is 18.9. The van der Waals surface area contributed by atoms with E-state index in [0.29, 0.717) is 19.6 Å². The number of aliphatic hydroxyl groups excluding tert-OH is 1. The second-order valence-electron chi connectivity index (χ2n) is 8.12. The van der Waals surface area contributed by atoms with Gasteiger partial charge in [0.25, 0.3) is 0 Å². The summed E-state index contributed by atoms with van der Waals surface area (Å²) in [5.41, 5.74) is 0.658. The second kappa shape index (κ2) is 5.56. The minimum Gasteiger partial charge on any atom is -0.468 e. The number of methoxy groups -OCH3 is 1. The highest BCUT2D eigenvalue weighted by atomic mass is 16.5. The fourth-order valence-corrected chi connectivity index (χ4v) is 6.67. The average Bonchev–Trinajstić information content (AvgIpc) is 3.22. The summed E-state index contributed by atoms with van der Waals surface area (Å²) in [5.74, 6) is -0.433. The molecule has 1 saturated carbocycles. The summed E-state index contributed by atoms with van der Waals surface area (Å²) in [7, 11) is 1.42. The van der Waals surface area contributed by atoms with Crippen molar-refractivity contribution in [1.82, 2.24) is 5.32 Å². The molecule has 0 aromatic heterocycles. The monoisotopic (exact) mass is 370 g/mol. The lowest BCUT2D eigenvalue weighted by Crippen LogP contribution is -2.78. The van der Waals surface area contributed by atoms with Gasteiger partial charge in [-0.2, -0.15) is 0 Å². The number of para-hydroxylation sites is 1. The van der Waals surface area contributed by atoms with Crippen LogP contribution in [0.5, 0.6) is 0 Å². The first kappa shape index (κ1) is 17.2. The molecule has 1 aromatic carbocycles. The SMILES string of the molecule is CC=C1CN[C@H]2C[C@@H]1[C@@](CO)(C(=O)OC)[C@@]13CCO[C@@]21Nc1ccccc13. The summed E-state index contributed by atoms with van der Waals surface area (Å²) in [4.78, 5) is 13.5. The van der Waals surface area contributed by atoms with E-state index < -0.39 is 16.6 Å². The number of fused-ring (bicyclic) bond motifs is 3. The third-order valence-corrected chi connectivity index (χ3v) is 7.64. The van der Waals surface area contributed by atoms with E-state index in [-0.39, 0.29) is 24.5 Å². The molecule has 6 nitrogen and oxygen atoms in total. The average molecular weight is 370 g/mol. The third kappa shape index (κ3) is 1.67. The lowest BCUT2D eigenvalue weighted by atomic mass is 9.44. The first-order chi connectivity index (χ1) is 13.1. The van der Waals surface area contributed by atoms with E-state index in [1.807, 2.05) is 25.1 Å². The predicted octanol–water partition coefficient (Wildman–Crippen LogP) is 1.56. The van der Waals surface area contributed by atoms with E-state index in [4.69, 9.17) is 9.47 Å². The van der Waals surface area contributed by atoms with Crippen molar-refractivity contribution in [2.45, 2.75) is 36.9 Å². The zero-order valence-electron chi connectivity index (χ0n) is 15.7. The lowest BCUT2D eigenvalue weighted by molar-refractivity contribution is -0.192. The molecule has 1 aromatic rings. The quantitative estimate of drug-likeness (QED) is 0.542. The van der Waals surface area contributed by atoms with Crippen LogP contribution in [-0.4, -0.2) is 49.7 Å². The number of esters is 1. The molecule has 0 unspecified atom stereocenters. The van der Waals surface area contributed by atoms with Gasteiger partial charge in [0, 0.05) is 18.2 Å². The number of carbonyl (C=O) groups excluding carboxylic acids is 1. The van der Waals surface area contributed by atoms with E-state index in [2.05, 4.69) is 22.8 Å². The molecule has 1 aliphatic carbocycles. The van der Waals surface area contributed by atoms with Crippen molar-refractivity contribution in [1.29, 1.82) is 0 Å². The molecule has 0 radical (unpaired) electrons. The van der Waals surface area contributed by atoms with Gasteiger partial charge >= 0.3 is 5.97 Å². The standard InChI is InChI=1S/C21H26N2O4/c1-3-13-11-22-17-10-15(13)19(12-24,18(25)26-2)20-8-9-27-21(17,20)23-16-7-5-4-6-14(16)20/h3-7,15,17,22-24H,8-12H2,1-2H3/t15-,17-,19-,20-,21-/m0/s1. The molecule has 27 heavy (non-hydrogen) atoms. The van der Waals surface area contributed by atoms with Crippen LogP contribution in [0.15, 0.2) is 35.9 Å². The van der Waals surface area contributed by atoms with Crippen molar-refractivity contribution in [2.24, 2.45) is 11.3 Å². The van der Waals surface area contributed by atoms with Gasteiger partial charge in [0.15, 0.2) is 5.72 Å². The van der Waals surface area contributed by atoms with Gasteiger partial charge in [0.1, 0.15) is 5.41 Å². The molecule has 0 amide bonds. The minimum atomic E-state index is -1.09. The van der Waals surface area contributed by atoms with Crippen LogP contribution in [-0.2, 0) is 19.7 Å². The Morgan fingerprint density at radius 1 is 1.44 bits per heavy atom. The first-order valence-electron chi connectivity index (χ1n) is 9.70. The van der Waals surface area contributed by atoms with E-state index in [1.165, 1.54) is 7.11 Å². The summed E-state index contributed by atoms with van der Waals surface area (Å²) in [6.07, 6.45) is 3.46. The predicted molar refractivity (Wildman–Crippen MR) is 100 cm³/mol. The molecular weight excluding hydrogens is 344 g/mol. The van der Waals surface area contributed by atoms with Crippen molar-refractivity contribution in [3.8, 4) is 0 Å². The number of anilines is 1. The van der Waals surface area contributed by atoms with Gasteiger partial charge in [-0.25, -0.2) is 0 Å². The number of hydrogen-bond acceptors (Lipinski definition) is 6. The number of piperidine rings is 1. The van der Waals surface area contributed by atoms with Crippen molar-refractivity contribution >= 4 is 11.7 Å². The topological polar surface area (TPSA) is 79.8 Å². The van der Waals surface area contributed by atoms with Crippen LogP contribution in [0.3, 0.4) is 0 Å². The van der Waals surface area contributed by atoms with Gasteiger partial charge in [-0.05, 0) is 31.4 Å². The number of aliphatic hydroxyl groups is 1. The van der Waals surface area contributed by atoms with Crippen LogP contribution in [0, 0.1) is 11.3 Å². The molecule has 144 valence electrons. The molecular formula is C21H26N2O4. The van der Waals surface area contributed by atoms with Gasteiger partial charge in [-0.3, -0.25) is 4.79 Å². The molecule has 6 heteroatoms. The van der Waals surface area contributed by atoms with Crippen molar-refractivity contribution < 1.29 is 19.4 Å². The van der Waals surface area contributed by atoms with Crippen LogP contribution in [0.25, 0.3) is 0 Å². The molecule has 4 aliphatic rings. The summed E-state index contributed by atoms with van der Waals surface area (Å²) in [6, 6.07) is 8.14. The van der Waals surface area contributed by atoms with Crippen LogP contribution < -0.4 is 10.6 Å². The third-order valence-electron chi connectivity index (χ3n) is 7.64. The van der Waals surface area contributed by atoms with Crippen molar-refractivity contribution in [2.75, 3.05) is 32.2 Å². The molecule has 2 bridgehead atoms. The Morgan fingerprint density at radius 2 is 2.26 bits per heavy atom. The highest BCUT2D eigenvalue weighted by Gasteiger charge is 2.81. The minimum absolute atomic E-state index is 0.0467. The number of rotatable bonds is 2. The second-order valence-corrected chi connectivity index (χ2v) is 8.12. The van der Waals surface area contributed by atoms with Crippen LogP contribution in [0.2, 0.25) is 0 Å². The number of ether oxygens (including phenoxy) is 2. The van der Waals surface area contributed by atoms with Gasteiger partial charge in [-0.15, -0.1) is 0 Å². The Labute approximate surface area is 158 Å². The molecule has 3 fully saturated rings. The fraction of sp³-hybridized carbons (Fsp3) is 0.571. The molecule has 2 saturated heterocycles. The van der Waals surface area contributed by atoms with Gasteiger partial charge in [-0.1, -0.05) is 29.8 Å². The highest BCUT2D eigenvalue weighted by Crippen LogP contribution is 2.70. The molecule has 0 spiro atoms. The van der Waals surface area contributed by atoms with Crippen LogP contribution in [0.4, 0.5) is 5.69 Å². The smallest absolute Gasteiger partial charge is 0.315 e. The maximum Gasteiger partial charge on any atom is 0.315 e.